The molecule has 0 aliphatic carbocycles. The summed E-state index contributed by atoms with van der Waals surface area (Å²) in [5, 5.41) is 12.5. The van der Waals surface area contributed by atoms with Crippen molar-refractivity contribution in [2.24, 2.45) is 0 Å². The Kier molecular flexibility index (Phi) is 5.13. The number of aliphatic hydroxyl groups excluding tert-OH is 1. The first-order chi connectivity index (χ1) is 11.6. The van der Waals surface area contributed by atoms with Crippen molar-refractivity contribution in [1.82, 2.24) is 4.90 Å². The maximum absolute atomic E-state index is 12.4. The number of nitrogens with one attached hydrogen (secondary N) is 1. The van der Waals surface area contributed by atoms with Crippen molar-refractivity contribution in [3.8, 4) is 5.75 Å². The molecule has 2 aromatic carbocycles. The molecule has 5 heteroatoms. The molecule has 0 radical (unpaired) electrons. The molecule has 5 nitrogen and oxygen atoms in total. The summed E-state index contributed by atoms with van der Waals surface area (Å²) in [7, 11) is 1.58. The van der Waals surface area contributed by atoms with Crippen molar-refractivity contribution < 1.29 is 14.6 Å². The van der Waals surface area contributed by atoms with Crippen LogP contribution < -0.4 is 10.1 Å². The summed E-state index contributed by atoms with van der Waals surface area (Å²) in [4.78, 5) is 14.6. The zero-order valence-electron chi connectivity index (χ0n) is 13.7. The highest BCUT2D eigenvalue weighted by Crippen LogP contribution is 2.18. The number of ether oxygens (including phenoxy) is 1. The number of methoxy groups -OCH3 is 1. The van der Waals surface area contributed by atoms with Gasteiger partial charge in [-0.15, -0.1) is 0 Å². The first-order valence-electron chi connectivity index (χ1n) is 8.09. The van der Waals surface area contributed by atoms with Gasteiger partial charge in [0.1, 0.15) is 5.75 Å². The summed E-state index contributed by atoms with van der Waals surface area (Å²) >= 11 is 0. The van der Waals surface area contributed by atoms with Gasteiger partial charge in [0.2, 0.25) is 0 Å². The van der Waals surface area contributed by atoms with E-state index in [1.165, 1.54) is 0 Å². The van der Waals surface area contributed by atoms with E-state index in [1.54, 1.807) is 25.3 Å². The minimum Gasteiger partial charge on any atom is -0.497 e. The molecule has 3 rings (SSSR count). The SMILES string of the molecule is COc1cccc(C(=O)Nc2cccc(CN3CC[C@H](O)C3)c2)c1. The molecule has 24 heavy (non-hydrogen) atoms. The Morgan fingerprint density at radius 1 is 1.29 bits per heavy atom. The van der Waals surface area contributed by atoms with Gasteiger partial charge in [-0.2, -0.15) is 0 Å². The number of carbonyl (C=O) groups is 1. The molecular weight excluding hydrogens is 304 g/mol. The second kappa shape index (κ2) is 7.47. The molecular formula is C19H22N2O3. The van der Waals surface area contributed by atoms with Crippen LogP contribution in [0, 0.1) is 0 Å². The zero-order chi connectivity index (χ0) is 16.9. The lowest BCUT2D eigenvalue weighted by Crippen LogP contribution is -2.21. The molecule has 0 aromatic heterocycles. The van der Waals surface area contributed by atoms with Gasteiger partial charge < -0.3 is 15.2 Å². The van der Waals surface area contributed by atoms with Gasteiger partial charge in [0.05, 0.1) is 13.2 Å². The number of hydrogen-bond acceptors (Lipinski definition) is 4. The molecule has 0 spiro atoms. The summed E-state index contributed by atoms with van der Waals surface area (Å²) in [6.45, 7) is 2.39. The Balaban J connectivity index is 1.66. The van der Waals surface area contributed by atoms with Crippen LogP contribution in [0.4, 0.5) is 5.69 Å². The van der Waals surface area contributed by atoms with Gasteiger partial charge in [-0.25, -0.2) is 0 Å². The lowest BCUT2D eigenvalue weighted by atomic mass is 10.1. The third-order valence-electron chi connectivity index (χ3n) is 4.17. The topological polar surface area (TPSA) is 61.8 Å². The van der Waals surface area contributed by atoms with Crippen molar-refractivity contribution in [3.63, 3.8) is 0 Å². The number of nitrogens with zero attached hydrogens (tertiary/aromatic N) is 1. The summed E-state index contributed by atoms with van der Waals surface area (Å²) in [5.74, 6) is 0.492. The van der Waals surface area contributed by atoms with Crippen LogP contribution in [-0.4, -0.2) is 42.2 Å². The van der Waals surface area contributed by atoms with Crippen LogP contribution >= 0.6 is 0 Å². The molecule has 1 fully saturated rings. The summed E-state index contributed by atoms with van der Waals surface area (Å²) in [6, 6.07) is 14.9. The Morgan fingerprint density at radius 2 is 2.12 bits per heavy atom. The van der Waals surface area contributed by atoms with Crippen molar-refractivity contribution in [2.75, 3.05) is 25.5 Å². The highest BCUT2D eigenvalue weighted by Gasteiger charge is 2.20. The van der Waals surface area contributed by atoms with E-state index in [2.05, 4.69) is 10.2 Å². The third-order valence-corrected chi connectivity index (χ3v) is 4.17. The number of amides is 1. The quantitative estimate of drug-likeness (QED) is 0.886. The lowest BCUT2D eigenvalue weighted by molar-refractivity contribution is 0.102. The van der Waals surface area contributed by atoms with Crippen molar-refractivity contribution >= 4 is 11.6 Å². The lowest BCUT2D eigenvalue weighted by Gasteiger charge is -2.15. The maximum atomic E-state index is 12.4. The van der Waals surface area contributed by atoms with Crippen LogP contribution in [0.15, 0.2) is 48.5 Å². The number of aliphatic hydroxyl groups is 1. The van der Waals surface area contributed by atoms with E-state index in [9.17, 15) is 9.90 Å². The molecule has 0 unspecified atom stereocenters. The van der Waals surface area contributed by atoms with Crippen LogP contribution in [-0.2, 0) is 6.54 Å². The van der Waals surface area contributed by atoms with E-state index in [-0.39, 0.29) is 12.0 Å². The molecule has 1 atom stereocenters. The highest BCUT2D eigenvalue weighted by molar-refractivity contribution is 6.04. The number of rotatable bonds is 5. The predicted octanol–water partition coefficient (Wildman–Crippen LogP) is 2.51. The van der Waals surface area contributed by atoms with E-state index in [0.29, 0.717) is 17.9 Å². The second-order valence-corrected chi connectivity index (χ2v) is 6.06. The van der Waals surface area contributed by atoms with Crippen molar-refractivity contribution in [2.45, 2.75) is 19.1 Å². The van der Waals surface area contributed by atoms with Gasteiger partial charge >= 0.3 is 0 Å². The molecule has 0 bridgehead atoms. The molecule has 1 amide bonds. The van der Waals surface area contributed by atoms with Gasteiger partial charge in [-0.05, 0) is 42.3 Å². The van der Waals surface area contributed by atoms with E-state index in [4.69, 9.17) is 4.74 Å². The van der Waals surface area contributed by atoms with Crippen molar-refractivity contribution in [3.05, 3.63) is 59.7 Å². The molecule has 2 N–H and O–H groups in total. The molecule has 1 saturated heterocycles. The molecule has 1 heterocycles. The summed E-state index contributed by atoms with van der Waals surface area (Å²) < 4.78 is 5.15. The molecule has 1 aliphatic heterocycles. The van der Waals surface area contributed by atoms with Crippen LogP contribution in [0.3, 0.4) is 0 Å². The Hall–Kier alpha value is -2.37. The van der Waals surface area contributed by atoms with Crippen molar-refractivity contribution in [1.29, 1.82) is 0 Å². The fraction of sp³-hybridized carbons (Fsp3) is 0.316. The van der Waals surface area contributed by atoms with E-state index < -0.39 is 0 Å². The average molecular weight is 326 g/mol. The standard InChI is InChI=1S/C19H22N2O3/c1-24-18-7-3-5-15(11-18)19(23)20-16-6-2-4-14(10-16)12-21-9-8-17(22)13-21/h2-7,10-11,17,22H,8-9,12-13H2,1H3,(H,20,23)/t17-/m0/s1. The Morgan fingerprint density at radius 3 is 2.88 bits per heavy atom. The fourth-order valence-corrected chi connectivity index (χ4v) is 2.93. The van der Waals surface area contributed by atoms with Gasteiger partial charge in [0.25, 0.3) is 5.91 Å². The summed E-state index contributed by atoms with van der Waals surface area (Å²) in [5.41, 5.74) is 2.44. The number of anilines is 1. The Bertz CT molecular complexity index is 717. The first kappa shape index (κ1) is 16.5. The van der Waals surface area contributed by atoms with Crippen LogP contribution in [0.25, 0.3) is 0 Å². The predicted molar refractivity (Wildman–Crippen MR) is 93.3 cm³/mol. The average Bonchev–Trinajstić information content (AvgIpc) is 3.00. The van der Waals surface area contributed by atoms with E-state index in [1.807, 2.05) is 30.3 Å². The highest BCUT2D eigenvalue weighted by atomic mass is 16.5. The minimum absolute atomic E-state index is 0.164. The third kappa shape index (κ3) is 4.13. The number of likely N-dealkylation sites (tertiary alicyclic amines) is 1. The monoisotopic (exact) mass is 326 g/mol. The largest absolute Gasteiger partial charge is 0.497 e. The number of β-amino-alcohol motifs (C(OH)–C–C–N with tert-alkyl or cyclic N) is 1. The number of hydrogen-bond donors (Lipinski definition) is 2. The van der Waals surface area contributed by atoms with Gasteiger partial charge in [0, 0.05) is 30.9 Å². The van der Waals surface area contributed by atoms with Gasteiger partial charge in [-0.3, -0.25) is 9.69 Å². The van der Waals surface area contributed by atoms with Crippen LogP contribution in [0.5, 0.6) is 5.75 Å². The summed E-state index contributed by atoms with van der Waals surface area (Å²) in [6.07, 6.45) is 0.604. The van der Waals surface area contributed by atoms with E-state index in [0.717, 1.165) is 30.8 Å². The zero-order valence-corrected chi connectivity index (χ0v) is 13.7. The minimum atomic E-state index is -0.221. The Labute approximate surface area is 141 Å². The molecule has 1 aliphatic rings. The van der Waals surface area contributed by atoms with Gasteiger partial charge in [0.15, 0.2) is 0 Å². The smallest absolute Gasteiger partial charge is 0.255 e. The van der Waals surface area contributed by atoms with Gasteiger partial charge in [-0.1, -0.05) is 18.2 Å². The second-order valence-electron chi connectivity index (χ2n) is 6.06. The number of benzene rings is 2. The number of carbonyl (C=O) groups excluding carboxylic acids is 1. The molecule has 2 aromatic rings. The molecule has 126 valence electrons. The fourth-order valence-electron chi connectivity index (χ4n) is 2.93. The van der Waals surface area contributed by atoms with Crippen LogP contribution in [0.2, 0.25) is 0 Å². The maximum Gasteiger partial charge on any atom is 0.255 e. The normalized spacial score (nSPS) is 17.7. The first-order valence-corrected chi connectivity index (χ1v) is 8.09. The molecule has 0 saturated carbocycles. The van der Waals surface area contributed by atoms with Crippen LogP contribution in [0.1, 0.15) is 22.3 Å². The van der Waals surface area contributed by atoms with E-state index >= 15 is 0 Å².